The summed E-state index contributed by atoms with van der Waals surface area (Å²) in [4.78, 5) is 13.0. The minimum Gasteiger partial charge on any atom is -0.480 e. The first kappa shape index (κ1) is 10.8. The number of carbonyl (C=O) groups is 1. The molecule has 2 unspecified atom stereocenters. The van der Waals surface area contributed by atoms with Crippen LogP contribution in [0.4, 0.5) is 0 Å². The Hall–Kier alpha value is -1.26. The number of azide groups is 1. The standard InChI is InChI=1S/C8H13N3O3/c9-11-10-6-3-1-2-4-7(6)14-5-8(12)13/h6-7H,1-5H2,(H,12,13). The van der Waals surface area contributed by atoms with E-state index in [-0.39, 0.29) is 18.8 Å². The molecule has 0 aromatic heterocycles. The van der Waals surface area contributed by atoms with E-state index in [1.54, 1.807) is 0 Å². The second-order valence-electron chi connectivity index (χ2n) is 3.30. The van der Waals surface area contributed by atoms with Gasteiger partial charge >= 0.3 is 5.97 Å². The van der Waals surface area contributed by atoms with E-state index < -0.39 is 5.97 Å². The van der Waals surface area contributed by atoms with Gasteiger partial charge in [0.25, 0.3) is 0 Å². The number of aliphatic carboxylic acids is 1. The molecule has 6 heteroatoms. The molecule has 0 saturated heterocycles. The molecule has 6 nitrogen and oxygen atoms in total. The van der Waals surface area contributed by atoms with Gasteiger partial charge in [-0.25, -0.2) is 4.79 Å². The van der Waals surface area contributed by atoms with Crippen LogP contribution in [0.25, 0.3) is 10.4 Å². The maximum atomic E-state index is 10.3. The van der Waals surface area contributed by atoms with Gasteiger partial charge in [0.1, 0.15) is 6.61 Å². The van der Waals surface area contributed by atoms with E-state index in [2.05, 4.69) is 10.0 Å². The van der Waals surface area contributed by atoms with Crippen molar-refractivity contribution in [2.75, 3.05) is 6.61 Å². The van der Waals surface area contributed by atoms with Gasteiger partial charge in [-0.1, -0.05) is 18.0 Å². The molecule has 1 saturated carbocycles. The summed E-state index contributed by atoms with van der Waals surface area (Å²) in [5.41, 5.74) is 8.30. The zero-order valence-electron chi connectivity index (χ0n) is 7.80. The fourth-order valence-corrected chi connectivity index (χ4v) is 1.65. The summed E-state index contributed by atoms with van der Waals surface area (Å²) in [5, 5.41) is 12.0. The fraction of sp³-hybridized carbons (Fsp3) is 0.875. The van der Waals surface area contributed by atoms with Crippen LogP contribution in [0.15, 0.2) is 5.11 Å². The Kier molecular flexibility index (Phi) is 4.22. The predicted octanol–water partition coefficient (Wildman–Crippen LogP) is 1.71. The van der Waals surface area contributed by atoms with Crippen LogP contribution in [0.5, 0.6) is 0 Å². The molecule has 1 fully saturated rings. The third-order valence-electron chi connectivity index (χ3n) is 2.29. The summed E-state index contributed by atoms with van der Waals surface area (Å²) in [6, 6.07) is -0.201. The molecule has 0 aromatic rings. The highest BCUT2D eigenvalue weighted by molar-refractivity contribution is 5.68. The topological polar surface area (TPSA) is 95.3 Å². The number of ether oxygens (including phenoxy) is 1. The average molecular weight is 199 g/mol. The van der Waals surface area contributed by atoms with Crippen LogP contribution in [0, 0.1) is 0 Å². The van der Waals surface area contributed by atoms with Gasteiger partial charge in [0.05, 0.1) is 12.1 Å². The van der Waals surface area contributed by atoms with E-state index in [0.717, 1.165) is 25.7 Å². The third-order valence-corrected chi connectivity index (χ3v) is 2.29. The Labute approximate surface area is 81.5 Å². The van der Waals surface area contributed by atoms with Gasteiger partial charge in [-0.15, -0.1) is 0 Å². The second-order valence-corrected chi connectivity index (χ2v) is 3.30. The van der Waals surface area contributed by atoms with Gasteiger partial charge in [0.15, 0.2) is 0 Å². The second kappa shape index (κ2) is 5.47. The van der Waals surface area contributed by atoms with Crippen molar-refractivity contribution in [2.24, 2.45) is 5.11 Å². The summed E-state index contributed by atoms with van der Waals surface area (Å²) in [7, 11) is 0. The van der Waals surface area contributed by atoms with Crippen LogP contribution in [0.1, 0.15) is 25.7 Å². The summed E-state index contributed by atoms with van der Waals surface area (Å²) in [6.07, 6.45) is 3.35. The molecular weight excluding hydrogens is 186 g/mol. The van der Waals surface area contributed by atoms with Crippen molar-refractivity contribution in [3.63, 3.8) is 0 Å². The van der Waals surface area contributed by atoms with Gasteiger partial charge in [0.2, 0.25) is 0 Å². The first-order chi connectivity index (χ1) is 6.74. The predicted molar refractivity (Wildman–Crippen MR) is 48.8 cm³/mol. The summed E-state index contributed by atoms with van der Waals surface area (Å²) < 4.78 is 5.15. The zero-order chi connectivity index (χ0) is 10.4. The van der Waals surface area contributed by atoms with E-state index >= 15 is 0 Å². The Morgan fingerprint density at radius 3 is 2.93 bits per heavy atom. The summed E-state index contributed by atoms with van der Waals surface area (Å²) >= 11 is 0. The lowest BCUT2D eigenvalue weighted by Gasteiger charge is -2.27. The number of hydrogen-bond donors (Lipinski definition) is 1. The van der Waals surface area contributed by atoms with Crippen molar-refractivity contribution in [1.29, 1.82) is 0 Å². The zero-order valence-corrected chi connectivity index (χ0v) is 7.80. The van der Waals surface area contributed by atoms with Crippen LogP contribution >= 0.6 is 0 Å². The van der Waals surface area contributed by atoms with E-state index in [1.807, 2.05) is 0 Å². The first-order valence-corrected chi connectivity index (χ1v) is 4.61. The third kappa shape index (κ3) is 3.24. The van der Waals surface area contributed by atoms with E-state index in [4.69, 9.17) is 15.4 Å². The normalized spacial score (nSPS) is 26.6. The van der Waals surface area contributed by atoms with E-state index in [0.29, 0.717) is 0 Å². The largest absolute Gasteiger partial charge is 0.480 e. The van der Waals surface area contributed by atoms with Gasteiger partial charge in [0, 0.05) is 4.91 Å². The van der Waals surface area contributed by atoms with Crippen LogP contribution in [0.3, 0.4) is 0 Å². The van der Waals surface area contributed by atoms with Gasteiger partial charge in [-0.05, 0) is 18.4 Å². The van der Waals surface area contributed by atoms with Gasteiger partial charge in [-0.2, -0.15) is 0 Å². The SMILES string of the molecule is [N-]=[N+]=NC1CCCCC1OCC(=O)O. The van der Waals surface area contributed by atoms with Crippen molar-refractivity contribution >= 4 is 5.97 Å². The highest BCUT2D eigenvalue weighted by Crippen LogP contribution is 2.23. The molecule has 1 N–H and O–H groups in total. The molecule has 78 valence electrons. The molecule has 0 heterocycles. The quantitative estimate of drug-likeness (QED) is 0.424. The summed E-state index contributed by atoms with van der Waals surface area (Å²) in [6.45, 7) is -0.317. The van der Waals surface area contributed by atoms with E-state index in [1.165, 1.54) is 0 Å². The molecule has 1 aliphatic rings. The molecule has 0 spiro atoms. The van der Waals surface area contributed by atoms with Crippen molar-refractivity contribution in [3.05, 3.63) is 10.4 Å². The smallest absolute Gasteiger partial charge is 0.329 e. The van der Waals surface area contributed by atoms with Crippen molar-refractivity contribution in [2.45, 2.75) is 37.8 Å². The average Bonchev–Trinajstić information content (AvgIpc) is 2.17. The summed E-state index contributed by atoms with van der Waals surface area (Å²) in [5.74, 6) is -0.990. The molecule has 1 aliphatic carbocycles. The molecule has 0 bridgehead atoms. The molecule has 1 rings (SSSR count). The van der Waals surface area contributed by atoms with Gasteiger partial charge < -0.3 is 9.84 Å². The van der Waals surface area contributed by atoms with Crippen LogP contribution < -0.4 is 0 Å². The lowest BCUT2D eigenvalue weighted by atomic mass is 9.93. The Bertz CT molecular complexity index is 250. The van der Waals surface area contributed by atoms with Crippen LogP contribution in [-0.2, 0) is 9.53 Å². The highest BCUT2D eigenvalue weighted by Gasteiger charge is 2.25. The molecule has 0 aliphatic heterocycles. The lowest BCUT2D eigenvalue weighted by molar-refractivity contribution is -0.145. The maximum absolute atomic E-state index is 10.3. The molecule has 14 heavy (non-hydrogen) atoms. The van der Waals surface area contributed by atoms with Crippen molar-refractivity contribution in [3.8, 4) is 0 Å². The minimum absolute atomic E-state index is 0.201. The molecule has 0 radical (unpaired) electrons. The Morgan fingerprint density at radius 2 is 2.29 bits per heavy atom. The molecule has 2 atom stereocenters. The Balaban J connectivity index is 2.45. The Morgan fingerprint density at radius 1 is 1.57 bits per heavy atom. The molecule has 0 aromatic carbocycles. The fourth-order valence-electron chi connectivity index (χ4n) is 1.65. The lowest BCUT2D eigenvalue weighted by Crippen LogP contribution is -2.32. The number of carboxylic acid groups (broad SMARTS) is 1. The highest BCUT2D eigenvalue weighted by atomic mass is 16.5. The molecule has 0 amide bonds. The van der Waals surface area contributed by atoms with Crippen molar-refractivity contribution < 1.29 is 14.6 Å². The van der Waals surface area contributed by atoms with Crippen molar-refractivity contribution in [1.82, 2.24) is 0 Å². The first-order valence-electron chi connectivity index (χ1n) is 4.61. The van der Waals surface area contributed by atoms with Gasteiger partial charge in [-0.3, -0.25) is 0 Å². The molecular formula is C8H13N3O3. The monoisotopic (exact) mass is 199 g/mol. The number of rotatable bonds is 4. The minimum atomic E-state index is -0.990. The number of carboxylic acids is 1. The van der Waals surface area contributed by atoms with E-state index in [9.17, 15) is 4.79 Å². The maximum Gasteiger partial charge on any atom is 0.329 e. The number of hydrogen-bond acceptors (Lipinski definition) is 3. The van der Waals surface area contributed by atoms with Crippen LogP contribution in [-0.4, -0.2) is 29.8 Å². The van der Waals surface area contributed by atoms with Crippen LogP contribution in [0.2, 0.25) is 0 Å². The number of nitrogens with zero attached hydrogens (tertiary/aromatic N) is 3.